The highest BCUT2D eigenvalue weighted by Gasteiger charge is 2.43. The number of anilines is 1. The van der Waals surface area contributed by atoms with Gasteiger partial charge in [-0.25, -0.2) is 8.42 Å². The van der Waals surface area contributed by atoms with Crippen molar-refractivity contribution in [1.82, 2.24) is 4.90 Å². The zero-order valence-corrected chi connectivity index (χ0v) is 11.5. The number of benzene rings is 1. The van der Waals surface area contributed by atoms with Crippen LogP contribution in [0.2, 0.25) is 0 Å². The Kier molecular flexibility index (Phi) is 2.82. The van der Waals surface area contributed by atoms with E-state index in [-0.39, 0.29) is 28.3 Å². The summed E-state index contributed by atoms with van der Waals surface area (Å²) in [6, 6.07) is 4.13. The molecule has 1 saturated heterocycles. The van der Waals surface area contributed by atoms with Crippen molar-refractivity contribution in [3.8, 4) is 0 Å². The van der Waals surface area contributed by atoms with Crippen LogP contribution in [0.4, 0.5) is 5.69 Å². The number of sulfone groups is 1. The van der Waals surface area contributed by atoms with Gasteiger partial charge < -0.3 is 5.73 Å². The third kappa shape index (κ3) is 1.89. The maximum absolute atomic E-state index is 12.4. The van der Waals surface area contributed by atoms with Gasteiger partial charge in [0.1, 0.15) is 0 Å². The van der Waals surface area contributed by atoms with E-state index in [0.29, 0.717) is 12.8 Å². The van der Waals surface area contributed by atoms with Crippen LogP contribution in [-0.4, -0.2) is 42.7 Å². The molecule has 0 bridgehead atoms. The largest absolute Gasteiger partial charge is 0.398 e. The summed E-state index contributed by atoms with van der Waals surface area (Å²) in [6.45, 7) is 0. The molecule has 0 aliphatic carbocycles. The molecule has 0 saturated carbocycles. The first kappa shape index (κ1) is 13.1. The molecule has 1 atom stereocenters. The van der Waals surface area contributed by atoms with E-state index in [0.717, 1.165) is 4.90 Å². The van der Waals surface area contributed by atoms with Gasteiger partial charge in [-0.15, -0.1) is 0 Å². The maximum atomic E-state index is 12.4. The van der Waals surface area contributed by atoms with Crippen molar-refractivity contribution in [1.29, 1.82) is 0 Å². The predicted molar refractivity (Wildman–Crippen MR) is 73.0 cm³/mol. The second-order valence-electron chi connectivity index (χ2n) is 5.16. The van der Waals surface area contributed by atoms with Crippen molar-refractivity contribution >= 4 is 27.3 Å². The van der Waals surface area contributed by atoms with Gasteiger partial charge in [0.05, 0.1) is 28.7 Å². The van der Waals surface area contributed by atoms with E-state index >= 15 is 0 Å². The number of amides is 2. The molecule has 0 aromatic heterocycles. The molecule has 1 aromatic carbocycles. The van der Waals surface area contributed by atoms with E-state index in [2.05, 4.69) is 0 Å². The highest BCUT2D eigenvalue weighted by Crippen LogP contribution is 2.31. The Morgan fingerprint density at radius 1 is 1.20 bits per heavy atom. The van der Waals surface area contributed by atoms with Crippen molar-refractivity contribution in [2.24, 2.45) is 0 Å². The van der Waals surface area contributed by atoms with Gasteiger partial charge in [-0.1, -0.05) is 6.07 Å². The lowest BCUT2D eigenvalue weighted by molar-refractivity contribution is 0.0590. The molecule has 2 aliphatic rings. The number of carbonyl (C=O) groups is 2. The van der Waals surface area contributed by atoms with E-state index in [4.69, 9.17) is 5.73 Å². The van der Waals surface area contributed by atoms with Crippen molar-refractivity contribution in [3.63, 3.8) is 0 Å². The Labute approximate surface area is 116 Å². The summed E-state index contributed by atoms with van der Waals surface area (Å²) in [5.74, 6) is -0.961. The van der Waals surface area contributed by atoms with Crippen LogP contribution in [0.1, 0.15) is 33.6 Å². The average Bonchev–Trinajstić information content (AvgIpc) is 2.62. The van der Waals surface area contributed by atoms with E-state index in [1.807, 2.05) is 0 Å². The van der Waals surface area contributed by atoms with E-state index in [1.165, 1.54) is 0 Å². The zero-order valence-electron chi connectivity index (χ0n) is 10.7. The topological polar surface area (TPSA) is 97.5 Å². The molecule has 7 heteroatoms. The first-order chi connectivity index (χ1) is 9.41. The van der Waals surface area contributed by atoms with E-state index in [9.17, 15) is 18.0 Å². The van der Waals surface area contributed by atoms with E-state index < -0.39 is 27.7 Å². The minimum atomic E-state index is -3.19. The van der Waals surface area contributed by atoms with Crippen molar-refractivity contribution in [3.05, 3.63) is 29.3 Å². The molecule has 106 valence electrons. The molecule has 2 heterocycles. The molecule has 2 aliphatic heterocycles. The molecular weight excluding hydrogens is 280 g/mol. The number of fused-ring (bicyclic) bond motifs is 1. The van der Waals surface area contributed by atoms with Crippen molar-refractivity contribution in [2.45, 2.75) is 18.9 Å². The number of nitrogens with zero attached hydrogens (tertiary/aromatic N) is 1. The first-order valence-corrected chi connectivity index (χ1v) is 8.19. The molecule has 1 fully saturated rings. The SMILES string of the molecule is Nc1cccc2c1C(=O)N(C1CCCS(=O)(=O)C1)C2=O. The molecule has 0 spiro atoms. The summed E-state index contributed by atoms with van der Waals surface area (Å²) in [5, 5.41) is 0. The summed E-state index contributed by atoms with van der Waals surface area (Å²) in [4.78, 5) is 25.8. The van der Waals surface area contributed by atoms with Gasteiger partial charge in [-0.05, 0) is 25.0 Å². The van der Waals surface area contributed by atoms with Crippen LogP contribution < -0.4 is 5.73 Å². The molecule has 0 radical (unpaired) electrons. The molecule has 2 amide bonds. The third-order valence-corrected chi connectivity index (χ3v) is 5.59. The number of nitrogens with two attached hydrogens (primary N) is 1. The molecule has 2 N–H and O–H groups in total. The monoisotopic (exact) mass is 294 g/mol. The molecule has 6 nitrogen and oxygen atoms in total. The number of hydrogen-bond acceptors (Lipinski definition) is 5. The fraction of sp³-hybridized carbons (Fsp3) is 0.385. The second kappa shape index (κ2) is 4.31. The first-order valence-electron chi connectivity index (χ1n) is 6.37. The van der Waals surface area contributed by atoms with Crippen molar-refractivity contribution in [2.75, 3.05) is 17.2 Å². The average molecular weight is 294 g/mol. The number of imide groups is 1. The highest BCUT2D eigenvalue weighted by molar-refractivity contribution is 7.91. The van der Waals surface area contributed by atoms with Gasteiger partial charge in [-0.2, -0.15) is 0 Å². The van der Waals surface area contributed by atoms with Crippen LogP contribution >= 0.6 is 0 Å². The molecule has 20 heavy (non-hydrogen) atoms. The zero-order chi connectivity index (χ0) is 14.5. The summed E-state index contributed by atoms with van der Waals surface area (Å²) in [5.41, 5.74) is 6.46. The Hall–Kier alpha value is -1.89. The minimum absolute atomic E-state index is 0.120. The Bertz CT molecular complexity index is 711. The summed E-state index contributed by atoms with van der Waals surface area (Å²) in [7, 11) is -3.19. The number of nitrogen functional groups attached to an aromatic ring is 1. The fourth-order valence-electron chi connectivity index (χ4n) is 2.86. The van der Waals surface area contributed by atoms with Crippen LogP contribution in [0.3, 0.4) is 0 Å². The third-order valence-electron chi connectivity index (χ3n) is 3.78. The van der Waals surface area contributed by atoms with Gasteiger partial charge in [0.15, 0.2) is 9.84 Å². The number of rotatable bonds is 1. The standard InChI is InChI=1S/C13H14N2O4S/c14-10-5-1-4-9-11(10)13(17)15(12(9)16)8-3-2-6-20(18,19)7-8/h1,4-5,8H,2-3,6-7,14H2. The van der Waals surface area contributed by atoms with Gasteiger partial charge >= 0.3 is 0 Å². The van der Waals surface area contributed by atoms with Crippen LogP contribution in [0, 0.1) is 0 Å². The normalized spacial score (nSPS) is 24.8. The second-order valence-corrected chi connectivity index (χ2v) is 7.39. The van der Waals surface area contributed by atoms with Crippen LogP contribution in [-0.2, 0) is 9.84 Å². The summed E-state index contributed by atoms with van der Waals surface area (Å²) in [6.07, 6.45) is 0.987. The Balaban J connectivity index is 2.00. The Morgan fingerprint density at radius 2 is 1.95 bits per heavy atom. The molecule has 1 aromatic rings. The van der Waals surface area contributed by atoms with Gasteiger partial charge in [0, 0.05) is 5.69 Å². The van der Waals surface area contributed by atoms with Gasteiger partial charge in [-0.3, -0.25) is 14.5 Å². The predicted octanol–water partition coefficient (Wildman–Crippen LogP) is 0.442. The highest BCUT2D eigenvalue weighted by atomic mass is 32.2. The minimum Gasteiger partial charge on any atom is -0.398 e. The number of carbonyl (C=O) groups excluding carboxylic acids is 2. The van der Waals surface area contributed by atoms with Crippen molar-refractivity contribution < 1.29 is 18.0 Å². The molecular formula is C13H14N2O4S. The summed E-state index contributed by atoms with van der Waals surface area (Å²) >= 11 is 0. The lowest BCUT2D eigenvalue weighted by atomic mass is 10.1. The van der Waals surface area contributed by atoms with Crippen LogP contribution in [0.15, 0.2) is 18.2 Å². The lowest BCUT2D eigenvalue weighted by Gasteiger charge is -2.29. The quantitative estimate of drug-likeness (QED) is 0.599. The maximum Gasteiger partial charge on any atom is 0.263 e. The Morgan fingerprint density at radius 3 is 2.60 bits per heavy atom. The lowest BCUT2D eigenvalue weighted by Crippen LogP contribution is -2.46. The van der Waals surface area contributed by atoms with E-state index in [1.54, 1.807) is 18.2 Å². The molecule has 3 rings (SSSR count). The molecule has 1 unspecified atom stereocenters. The van der Waals surface area contributed by atoms with Gasteiger partial charge in [0.2, 0.25) is 0 Å². The van der Waals surface area contributed by atoms with Crippen LogP contribution in [0.5, 0.6) is 0 Å². The fourth-order valence-corrected chi connectivity index (χ4v) is 4.54. The number of hydrogen-bond donors (Lipinski definition) is 1. The summed E-state index contributed by atoms with van der Waals surface area (Å²) < 4.78 is 23.4. The van der Waals surface area contributed by atoms with Gasteiger partial charge in [0.25, 0.3) is 11.8 Å². The van der Waals surface area contributed by atoms with Crippen LogP contribution in [0.25, 0.3) is 0 Å². The smallest absolute Gasteiger partial charge is 0.263 e.